The normalized spacial score (nSPS) is 12.2. The van der Waals surface area contributed by atoms with Crippen LogP contribution in [0.25, 0.3) is 0 Å². The summed E-state index contributed by atoms with van der Waals surface area (Å²) >= 11 is 0. The Kier molecular flexibility index (Phi) is 4.40. The summed E-state index contributed by atoms with van der Waals surface area (Å²) in [6.07, 6.45) is 1.94. The molecule has 3 heteroatoms. The highest BCUT2D eigenvalue weighted by molar-refractivity contribution is 5.63. The lowest BCUT2D eigenvalue weighted by atomic mass is 10.1. The molecule has 0 spiro atoms. The fourth-order valence-electron chi connectivity index (χ4n) is 2.32. The molecule has 0 aliphatic carbocycles. The first-order chi connectivity index (χ1) is 9.52. The van der Waals surface area contributed by atoms with Gasteiger partial charge in [0.25, 0.3) is 0 Å². The van der Waals surface area contributed by atoms with Gasteiger partial charge in [0.05, 0.1) is 0 Å². The number of hydrogen-bond donors (Lipinski definition) is 1. The van der Waals surface area contributed by atoms with Gasteiger partial charge in [-0.1, -0.05) is 23.8 Å². The molecule has 0 saturated carbocycles. The Labute approximate surface area is 121 Å². The van der Waals surface area contributed by atoms with Crippen LogP contribution in [0, 0.1) is 13.8 Å². The molecule has 0 amide bonds. The largest absolute Gasteiger partial charge is 0.329 e. The van der Waals surface area contributed by atoms with Crippen LogP contribution in [0.4, 0.5) is 11.5 Å². The highest BCUT2D eigenvalue weighted by atomic mass is 15.2. The maximum absolute atomic E-state index is 4.57. The summed E-state index contributed by atoms with van der Waals surface area (Å²) in [5.41, 5.74) is 4.94. The first kappa shape index (κ1) is 14.5. The monoisotopic (exact) mass is 269 g/mol. The van der Waals surface area contributed by atoms with E-state index < -0.39 is 0 Å². The summed E-state index contributed by atoms with van der Waals surface area (Å²) in [5, 5.41) is 3.22. The highest BCUT2D eigenvalue weighted by Crippen LogP contribution is 2.26. The second-order valence-electron chi connectivity index (χ2n) is 5.31. The van der Waals surface area contributed by atoms with Gasteiger partial charge in [-0.3, -0.25) is 0 Å². The quantitative estimate of drug-likeness (QED) is 0.916. The molecule has 1 N–H and O–H groups in total. The smallest absolute Gasteiger partial charge is 0.132 e. The number of pyridine rings is 1. The minimum atomic E-state index is 0.322. The Balaban J connectivity index is 2.26. The van der Waals surface area contributed by atoms with Crippen molar-refractivity contribution in [1.29, 1.82) is 0 Å². The molecule has 1 heterocycles. The number of hydrogen-bond acceptors (Lipinski definition) is 3. The van der Waals surface area contributed by atoms with E-state index >= 15 is 0 Å². The number of nitrogens with one attached hydrogen (secondary N) is 1. The van der Waals surface area contributed by atoms with Gasteiger partial charge in [-0.15, -0.1) is 0 Å². The molecule has 0 bridgehead atoms. The van der Waals surface area contributed by atoms with Crippen LogP contribution in [0.15, 0.2) is 36.5 Å². The van der Waals surface area contributed by atoms with E-state index in [-0.39, 0.29) is 0 Å². The third-order valence-electron chi connectivity index (χ3n) is 3.76. The maximum Gasteiger partial charge on any atom is 0.132 e. The molecule has 0 fully saturated rings. The predicted molar refractivity (Wildman–Crippen MR) is 85.7 cm³/mol. The van der Waals surface area contributed by atoms with Crippen molar-refractivity contribution in [1.82, 2.24) is 10.3 Å². The first-order valence-corrected chi connectivity index (χ1v) is 6.97. The molecule has 20 heavy (non-hydrogen) atoms. The van der Waals surface area contributed by atoms with E-state index in [9.17, 15) is 0 Å². The van der Waals surface area contributed by atoms with Gasteiger partial charge in [-0.2, -0.15) is 0 Å². The lowest BCUT2D eigenvalue weighted by molar-refractivity contribution is 0.649. The lowest BCUT2D eigenvalue weighted by Gasteiger charge is -2.21. The van der Waals surface area contributed by atoms with Crippen molar-refractivity contribution < 1.29 is 0 Å². The highest BCUT2D eigenvalue weighted by Gasteiger charge is 2.09. The Bertz CT molecular complexity index is 575. The van der Waals surface area contributed by atoms with E-state index in [1.165, 1.54) is 22.4 Å². The predicted octanol–water partition coefficient (Wildman–Crippen LogP) is 3.75. The molecule has 0 aliphatic rings. The van der Waals surface area contributed by atoms with Crippen molar-refractivity contribution in [2.45, 2.75) is 26.8 Å². The number of nitrogens with zero attached hydrogens (tertiary/aromatic N) is 2. The maximum atomic E-state index is 4.57. The van der Waals surface area contributed by atoms with Crippen LogP contribution < -0.4 is 10.2 Å². The molecular weight excluding hydrogens is 246 g/mol. The summed E-state index contributed by atoms with van der Waals surface area (Å²) in [4.78, 5) is 6.70. The molecule has 1 unspecified atom stereocenters. The van der Waals surface area contributed by atoms with Gasteiger partial charge in [-0.05, 0) is 51.1 Å². The summed E-state index contributed by atoms with van der Waals surface area (Å²) in [6.45, 7) is 6.38. The second kappa shape index (κ2) is 6.06. The van der Waals surface area contributed by atoms with Crippen LogP contribution in [-0.2, 0) is 0 Å². The number of rotatable bonds is 4. The van der Waals surface area contributed by atoms with Crippen LogP contribution >= 0.6 is 0 Å². The van der Waals surface area contributed by atoms with Gasteiger partial charge >= 0.3 is 0 Å². The van der Waals surface area contributed by atoms with Gasteiger partial charge in [0.2, 0.25) is 0 Å². The van der Waals surface area contributed by atoms with Crippen molar-refractivity contribution >= 4 is 11.5 Å². The minimum Gasteiger partial charge on any atom is -0.329 e. The third kappa shape index (κ3) is 2.99. The molecular formula is C17H23N3. The van der Waals surface area contributed by atoms with Crippen molar-refractivity contribution in [3.63, 3.8) is 0 Å². The standard InChI is InChI=1S/C17H23N3/c1-12-6-8-16(13(2)10-12)20(5)17-9-7-15(11-19-17)14(3)18-4/h6-11,14,18H,1-5H3. The summed E-state index contributed by atoms with van der Waals surface area (Å²) in [6, 6.07) is 11.0. The molecule has 2 rings (SSSR count). The van der Waals surface area contributed by atoms with Crippen LogP contribution in [0.1, 0.15) is 29.7 Å². The Morgan fingerprint density at radius 3 is 2.45 bits per heavy atom. The number of anilines is 2. The van der Waals surface area contributed by atoms with Crippen LogP contribution in [0.5, 0.6) is 0 Å². The summed E-state index contributed by atoms with van der Waals surface area (Å²) in [7, 11) is 4.02. The average Bonchev–Trinajstić information content (AvgIpc) is 2.46. The average molecular weight is 269 g/mol. The Morgan fingerprint density at radius 2 is 1.90 bits per heavy atom. The van der Waals surface area contributed by atoms with Gasteiger partial charge < -0.3 is 10.2 Å². The lowest BCUT2D eigenvalue weighted by Crippen LogP contribution is -2.15. The van der Waals surface area contributed by atoms with Gasteiger partial charge in [0, 0.05) is 25.0 Å². The van der Waals surface area contributed by atoms with Crippen molar-refractivity contribution in [3.05, 3.63) is 53.2 Å². The molecule has 1 aromatic heterocycles. The van der Waals surface area contributed by atoms with Gasteiger partial charge in [0.1, 0.15) is 5.82 Å². The van der Waals surface area contributed by atoms with Crippen molar-refractivity contribution in [2.24, 2.45) is 0 Å². The molecule has 2 aromatic rings. The molecule has 0 saturated heterocycles. The van der Waals surface area contributed by atoms with Gasteiger partial charge in [0.15, 0.2) is 0 Å². The number of aromatic nitrogens is 1. The van der Waals surface area contributed by atoms with E-state index in [4.69, 9.17) is 0 Å². The second-order valence-corrected chi connectivity index (χ2v) is 5.31. The van der Waals surface area contributed by atoms with E-state index in [1.807, 2.05) is 13.2 Å². The fraction of sp³-hybridized carbons (Fsp3) is 0.353. The van der Waals surface area contributed by atoms with E-state index in [0.29, 0.717) is 6.04 Å². The molecule has 1 aromatic carbocycles. The van der Waals surface area contributed by atoms with E-state index in [2.05, 4.69) is 73.4 Å². The van der Waals surface area contributed by atoms with Crippen LogP contribution in [-0.4, -0.2) is 19.1 Å². The first-order valence-electron chi connectivity index (χ1n) is 6.97. The Morgan fingerprint density at radius 1 is 1.15 bits per heavy atom. The Hall–Kier alpha value is -1.87. The zero-order valence-electron chi connectivity index (χ0n) is 12.9. The zero-order chi connectivity index (χ0) is 14.7. The SMILES string of the molecule is CNC(C)c1ccc(N(C)c2ccc(C)cc2C)nc1. The summed E-state index contributed by atoms with van der Waals surface area (Å²) < 4.78 is 0. The fourth-order valence-corrected chi connectivity index (χ4v) is 2.32. The third-order valence-corrected chi connectivity index (χ3v) is 3.76. The molecule has 3 nitrogen and oxygen atoms in total. The van der Waals surface area contributed by atoms with E-state index in [1.54, 1.807) is 0 Å². The van der Waals surface area contributed by atoms with E-state index in [0.717, 1.165) is 5.82 Å². The zero-order valence-corrected chi connectivity index (χ0v) is 12.9. The molecule has 106 valence electrons. The van der Waals surface area contributed by atoms with Crippen molar-refractivity contribution in [3.8, 4) is 0 Å². The molecule has 0 radical (unpaired) electrons. The van der Waals surface area contributed by atoms with Crippen LogP contribution in [0.3, 0.4) is 0 Å². The molecule has 1 atom stereocenters. The van der Waals surface area contributed by atoms with Gasteiger partial charge in [-0.25, -0.2) is 4.98 Å². The number of benzene rings is 1. The minimum absolute atomic E-state index is 0.322. The number of aryl methyl sites for hydroxylation is 2. The van der Waals surface area contributed by atoms with Crippen molar-refractivity contribution in [2.75, 3.05) is 19.0 Å². The van der Waals surface area contributed by atoms with Crippen LogP contribution in [0.2, 0.25) is 0 Å². The summed E-state index contributed by atoms with van der Waals surface area (Å²) in [5.74, 6) is 0.962. The topological polar surface area (TPSA) is 28.2 Å². The molecule has 0 aliphatic heterocycles.